The summed E-state index contributed by atoms with van der Waals surface area (Å²) in [5.74, 6) is 1.86. The van der Waals surface area contributed by atoms with E-state index in [0.717, 1.165) is 71.5 Å². The van der Waals surface area contributed by atoms with Crippen molar-refractivity contribution >= 4 is 64.1 Å². The Hall–Kier alpha value is -7.09. The lowest BCUT2D eigenvalue weighted by atomic mass is 9.98. The van der Waals surface area contributed by atoms with Crippen LogP contribution in [0, 0.1) is 0 Å². The van der Waals surface area contributed by atoms with E-state index in [2.05, 4.69) is 121 Å². The molecule has 0 atom stereocenters. The maximum Gasteiger partial charge on any atom is 0.164 e. The zero-order chi connectivity index (χ0) is 35.6. The Labute approximate surface area is 313 Å². The van der Waals surface area contributed by atoms with Crippen molar-refractivity contribution in [2.45, 2.75) is 0 Å². The SMILES string of the molecule is c1ccc(-c2ccccc2-c2nc(-c3ccc4ccc5ccc6nn(-c7ccccc7)nc6c5c4c3)nc(-c3cccc4sc5ccccc5c34)n2)cc1. The molecule has 11 aromatic rings. The number of nitrogens with zero attached hydrogens (tertiary/aromatic N) is 6. The number of aromatic nitrogens is 6. The summed E-state index contributed by atoms with van der Waals surface area (Å²) in [4.78, 5) is 17.5. The van der Waals surface area contributed by atoms with Gasteiger partial charge in [-0.2, -0.15) is 4.80 Å². The van der Waals surface area contributed by atoms with Gasteiger partial charge in [-0.05, 0) is 63.7 Å². The number of thiophene rings is 1. The summed E-state index contributed by atoms with van der Waals surface area (Å²) in [6.07, 6.45) is 0. The van der Waals surface area contributed by atoms with Crippen LogP contribution in [0.3, 0.4) is 0 Å². The Bertz CT molecular complexity index is 3220. The highest BCUT2D eigenvalue weighted by atomic mass is 32.1. The molecule has 54 heavy (non-hydrogen) atoms. The summed E-state index contributed by atoms with van der Waals surface area (Å²) in [6.45, 7) is 0. The smallest absolute Gasteiger partial charge is 0.164 e. The van der Waals surface area contributed by atoms with Crippen LogP contribution in [0.2, 0.25) is 0 Å². The van der Waals surface area contributed by atoms with Gasteiger partial charge in [-0.3, -0.25) is 0 Å². The number of hydrogen-bond donors (Lipinski definition) is 0. The fourth-order valence-corrected chi connectivity index (χ4v) is 8.72. The van der Waals surface area contributed by atoms with Gasteiger partial charge in [-0.15, -0.1) is 21.5 Å². The van der Waals surface area contributed by atoms with Crippen LogP contribution in [0.4, 0.5) is 0 Å². The van der Waals surface area contributed by atoms with Gasteiger partial charge in [0.25, 0.3) is 0 Å². The third-order valence-electron chi connectivity index (χ3n) is 10.1. The molecule has 0 saturated carbocycles. The molecule has 0 aliphatic rings. The Morgan fingerprint density at radius 2 is 1.06 bits per heavy atom. The predicted octanol–water partition coefficient (Wildman–Crippen LogP) is 11.9. The summed E-state index contributed by atoms with van der Waals surface area (Å²) < 4.78 is 2.44. The van der Waals surface area contributed by atoms with E-state index in [0.29, 0.717) is 17.5 Å². The molecule has 0 unspecified atom stereocenters. The second-order valence-electron chi connectivity index (χ2n) is 13.4. The van der Waals surface area contributed by atoms with Crippen molar-refractivity contribution in [1.29, 1.82) is 0 Å². The predicted molar refractivity (Wildman–Crippen MR) is 222 cm³/mol. The molecule has 7 heteroatoms. The van der Waals surface area contributed by atoms with Crippen LogP contribution in [0.15, 0.2) is 170 Å². The molecule has 0 aliphatic heterocycles. The normalized spacial score (nSPS) is 11.7. The van der Waals surface area contributed by atoms with E-state index in [9.17, 15) is 0 Å². The first kappa shape index (κ1) is 30.5. The van der Waals surface area contributed by atoms with Crippen molar-refractivity contribution in [3.8, 4) is 51.0 Å². The largest absolute Gasteiger partial charge is 0.208 e. The lowest BCUT2D eigenvalue weighted by Crippen LogP contribution is -2.01. The fraction of sp³-hybridized carbons (Fsp3) is 0. The summed E-state index contributed by atoms with van der Waals surface area (Å²) in [5.41, 5.74) is 7.59. The van der Waals surface area contributed by atoms with Crippen LogP contribution >= 0.6 is 11.3 Å². The van der Waals surface area contributed by atoms with Crippen molar-refractivity contribution in [3.05, 3.63) is 170 Å². The zero-order valence-corrected chi connectivity index (χ0v) is 29.6. The summed E-state index contributed by atoms with van der Waals surface area (Å²) >= 11 is 1.79. The standard InChI is InChI=1S/C47H28N6S/c1-3-12-29(13-4-1)34-16-7-8-17-35(34)46-48-45(49-47(50-46)37-19-11-21-41-43(37)36-18-9-10-20-40(36)54-41)32-25-23-30-22-24-31-26-27-39-44(42(31)38(30)28-32)52-53(51-39)33-14-5-2-6-15-33/h1-28H. The van der Waals surface area contributed by atoms with E-state index in [1.165, 1.54) is 14.8 Å². The molecule has 0 amide bonds. The Kier molecular flexibility index (Phi) is 6.93. The molecule has 6 nitrogen and oxygen atoms in total. The number of hydrogen-bond acceptors (Lipinski definition) is 6. The molecule has 0 radical (unpaired) electrons. The van der Waals surface area contributed by atoms with Gasteiger partial charge < -0.3 is 0 Å². The number of fused-ring (bicyclic) bond motifs is 8. The molecule has 0 fully saturated rings. The maximum atomic E-state index is 5.28. The van der Waals surface area contributed by atoms with Gasteiger partial charge in [0.05, 0.1) is 5.69 Å². The molecule has 0 saturated heterocycles. The van der Waals surface area contributed by atoms with E-state index in [1.807, 2.05) is 48.5 Å². The minimum atomic E-state index is 0.605. The first-order valence-electron chi connectivity index (χ1n) is 17.9. The number of rotatable bonds is 5. The lowest BCUT2D eigenvalue weighted by Gasteiger charge is -2.13. The second-order valence-corrected chi connectivity index (χ2v) is 14.4. The van der Waals surface area contributed by atoms with Crippen molar-refractivity contribution in [3.63, 3.8) is 0 Å². The second kappa shape index (κ2) is 12.3. The van der Waals surface area contributed by atoms with Crippen LogP contribution in [-0.4, -0.2) is 29.9 Å². The summed E-state index contributed by atoms with van der Waals surface area (Å²) in [5, 5.41) is 16.6. The van der Waals surface area contributed by atoms with E-state index in [4.69, 9.17) is 25.1 Å². The molecule has 0 spiro atoms. The maximum absolute atomic E-state index is 5.28. The monoisotopic (exact) mass is 708 g/mol. The van der Waals surface area contributed by atoms with Crippen LogP contribution in [0.5, 0.6) is 0 Å². The van der Waals surface area contributed by atoms with Crippen molar-refractivity contribution in [2.75, 3.05) is 0 Å². The summed E-state index contributed by atoms with van der Waals surface area (Å²) in [6, 6.07) is 58.7. The highest BCUT2D eigenvalue weighted by Crippen LogP contribution is 2.41. The van der Waals surface area contributed by atoms with Gasteiger partial charge in [0, 0.05) is 42.2 Å². The molecule has 3 aromatic heterocycles. The van der Waals surface area contributed by atoms with Gasteiger partial charge >= 0.3 is 0 Å². The van der Waals surface area contributed by atoms with Gasteiger partial charge in [-0.25, -0.2) is 15.0 Å². The quantitative estimate of drug-likeness (QED) is 0.166. The van der Waals surface area contributed by atoms with Gasteiger partial charge in [0.1, 0.15) is 11.0 Å². The molecule has 0 N–H and O–H groups in total. The highest BCUT2D eigenvalue weighted by molar-refractivity contribution is 7.25. The minimum absolute atomic E-state index is 0.605. The lowest BCUT2D eigenvalue weighted by molar-refractivity contribution is 0.766. The van der Waals surface area contributed by atoms with E-state index >= 15 is 0 Å². The minimum Gasteiger partial charge on any atom is -0.208 e. The van der Waals surface area contributed by atoms with Gasteiger partial charge in [0.15, 0.2) is 17.5 Å². The van der Waals surface area contributed by atoms with Crippen LogP contribution in [0.25, 0.3) is 104 Å². The Balaban J connectivity index is 1.17. The summed E-state index contributed by atoms with van der Waals surface area (Å²) in [7, 11) is 0. The Morgan fingerprint density at radius 1 is 0.407 bits per heavy atom. The molecular formula is C47H28N6S. The average Bonchev–Trinajstić information content (AvgIpc) is 3.86. The molecule has 3 heterocycles. The fourth-order valence-electron chi connectivity index (χ4n) is 7.59. The van der Waals surface area contributed by atoms with Crippen molar-refractivity contribution in [2.24, 2.45) is 0 Å². The number of para-hydroxylation sites is 1. The molecule has 0 bridgehead atoms. The topological polar surface area (TPSA) is 69.4 Å². The molecule has 0 aliphatic carbocycles. The van der Waals surface area contributed by atoms with Gasteiger partial charge in [0.2, 0.25) is 0 Å². The van der Waals surface area contributed by atoms with Crippen LogP contribution in [-0.2, 0) is 0 Å². The van der Waals surface area contributed by atoms with Crippen LogP contribution < -0.4 is 0 Å². The molecule has 8 aromatic carbocycles. The zero-order valence-electron chi connectivity index (χ0n) is 28.8. The Morgan fingerprint density at radius 3 is 1.93 bits per heavy atom. The van der Waals surface area contributed by atoms with E-state index in [-0.39, 0.29) is 0 Å². The first-order valence-corrected chi connectivity index (χ1v) is 18.7. The van der Waals surface area contributed by atoms with E-state index < -0.39 is 0 Å². The molecular weight excluding hydrogens is 681 g/mol. The highest BCUT2D eigenvalue weighted by Gasteiger charge is 2.19. The third-order valence-corrected chi connectivity index (χ3v) is 11.3. The van der Waals surface area contributed by atoms with Gasteiger partial charge in [-0.1, -0.05) is 133 Å². The molecule has 11 rings (SSSR count). The van der Waals surface area contributed by atoms with Crippen molar-refractivity contribution in [1.82, 2.24) is 29.9 Å². The first-order chi connectivity index (χ1) is 26.7. The van der Waals surface area contributed by atoms with Crippen LogP contribution in [0.1, 0.15) is 0 Å². The third kappa shape index (κ3) is 4.98. The average molecular weight is 709 g/mol. The molecule has 252 valence electrons. The number of benzene rings is 8. The van der Waals surface area contributed by atoms with Crippen molar-refractivity contribution < 1.29 is 0 Å². The van der Waals surface area contributed by atoms with E-state index in [1.54, 1.807) is 16.1 Å².